The Hall–Kier alpha value is -2.38. The normalized spacial score (nSPS) is 15.3. The number of hydrogen-bond donors (Lipinski definition) is 3. The lowest BCUT2D eigenvalue weighted by atomic mass is 10.0. The van der Waals surface area contributed by atoms with Gasteiger partial charge < -0.3 is 10.6 Å². The molecule has 0 atom stereocenters. The molecular formula is C19H23N3O3S. The molecular weight excluding hydrogens is 350 g/mol. The van der Waals surface area contributed by atoms with Gasteiger partial charge in [0.05, 0.1) is 10.4 Å². The predicted molar refractivity (Wildman–Crippen MR) is 100 cm³/mol. The first-order chi connectivity index (χ1) is 12.3. The summed E-state index contributed by atoms with van der Waals surface area (Å²) in [4.78, 5) is 12.3. The Morgan fingerprint density at radius 2 is 1.69 bits per heavy atom. The van der Waals surface area contributed by atoms with E-state index < -0.39 is 10.0 Å². The van der Waals surface area contributed by atoms with Crippen LogP contribution >= 0.6 is 0 Å². The van der Waals surface area contributed by atoms with Gasteiger partial charge in [-0.15, -0.1) is 0 Å². The number of primary sulfonamides is 1. The second-order valence-electron chi connectivity index (χ2n) is 6.77. The third-order valence-electron chi connectivity index (χ3n) is 4.66. The van der Waals surface area contributed by atoms with Gasteiger partial charge in [0.2, 0.25) is 10.0 Å². The summed E-state index contributed by atoms with van der Waals surface area (Å²) in [6.45, 7) is 2.50. The highest BCUT2D eigenvalue weighted by Crippen LogP contribution is 2.45. The van der Waals surface area contributed by atoms with Crippen LogP contribution in [0.2, 0.25) is 0 Å². The molecule has 2 aromatic carbocycles. The molecule has 6 nitrogen and oxygen atoms in total. The zero-order valence-electron chi connectivity index (χ0n) is 14.7. The molecule has 1 aliphatic carbocycles. The van der Waals surface area contributed by atoms with Crippen molar-refractivity contribution < 1.29 is 13.2 Å². The van der Waals surface area contributed by atoms with Gasteiger partial charge in [-0.05, 0) is 49.4 Å². The van der Waals surface area contributed by atoms with Crippen LogP contribution in [0.5, 0.6) is 0 Å². The van der Waals surface area contributed by atoms with E-state index in [0.29, 0.717) is 13.0 Å². The van der Waals surface area contributed by atoms with E-state index in [9.17, 15) is 13.2 Å². The number of sulfonamides is 1. The summed E-state index contributed by atoms with van der Waals surface area (Å²) in [5, 5.41) is 11.0. The fraction of sp³-hybridized carbons (Fsp3) is 0.316. The van der Waals surface area contributed by atoms with Crippen LogP contribution in [0.4, 0.5) is 4.79 Å². The molecule has 1 aliphatic rings. The SMILES string of the molecule is Cc1ccc(C2(NC(=O)NCCc3ccc(S(N)(=O)=O)cc3)CC2)cc1. The van der Waals surface area contributed by atoms with Crippen LogP contribution in [0.15, 0.2) is 53.4 Å². The van der Waals surface area contributed by atoms with E-state index in [2.05, 4.69) is 34.9 Å². The summed E-state index contributed by atoms with van der Waals surface area (Å²) in [5.74, 6) is 0. The molecule has 26 heavy (non-hydrogen) atoms. The third-order valence-corrected chi connectivity index (χ3v) is 5.59. The average Bonchev–Trinajstić information content (AvgIpc) is 3.35. The first-order valence-corrected chi connectivity index (χ1v) is 10.1. The molecule has 3 rings (SSSR count). The number of rotatable bonds is 6. The van der Waals surface area contributed by atoms with Crippen molar-refractivity contribution in [1.29, 1.82) is 0 Å². The predicted octanol–water partition coefficient (Wildman–Crippen LogP) is 2.17. The van der Waals surface area contributed by atoms with Crippen LogP contribution in [-0.4, -0.2) is 21.0 Å². The number of nitrogens with one attached hydrogen (secondary N) is 2. The Kier molecular flexibility index (Phi) is 5.02. The Labute approximate surface area is 153 Å². The molecule has 0 aromatic heterocycles. The minimum absolute atomic E-state index is 0.0840. The fourth-order valence-electron chi connectivity index (χ4n) is 2.91. The minimum atomic E-state index is -3.68. The van der Waals surface area contributed by atoms with Gasteiger partial charge in [-0.25, -0.2) is 18.4 Å². The highest BCUT2D eigenvalue weighted by atomic mass is 32.2. The van der Waals surface area contributed by atoms with Crippen LogP contribution < -0.4 is 15.8 Å². The zero-order chi connectivity index (χ0) is 18.8. The van der Waals surface area contributed by atoms with Crippen LogP contribution in [0.3, 0.4) is 0 Å². The monoisotopic (exact) mass is 373 g/mol. The fourth-order valence-corrected chi connectivity index (χ4v) is 3.43. The second kappa shape index (κ2) is 7.09. The molecule has 0 saturated heterocycles. The summed E-state index contributed by atoms with van der Waals surface area (Å²) in [6, 6.07) is 14.4. The smallest absolute Gasteiger partial charge is 0.315 e. The van der Waals surface area contributed by atoms with Crippen LogP contribution in [-0.2, 0) is 22.0 Å². The zero-order valence-corrected chi connectivity index (χ0v) is 15.5. The standard InChI is InChI=1S/C19H23N3O3S/c1-14-2-6-16(7-3-14)19(11-12-19)22-18(23)21-13-10-15-4-8-17(9-5-15)26(20,24)25/h2-9H,10-13H2,1H3,(H2,20,24,25)(H2,21,22,23). The van der Waals surface area contributed by atoms with Crippen molar-refractivity contribution in [3.8, 4) is 0 Å². The van der Waals surface area contributed by atoms with Crippen molar-refractivity contribution in [3.63, 3.8) is 0 Å². The van der Waals surface area contributed by atoms with Crippen molar-refractivity contribution in [3.05, 3.63) is 65.2 Å². The number of aryl methyl sites for hydroxylation is 1. The summed E-state index contributed by atoms with van der Waals surface area (Å²) in [7, 11) is -3.68. The molecule has 0 radical (unpaired) electrons. The number of benzene rings is 2. The van der Waals surface area contributed by atoms with Crippen molar-refractivity contribution >= 4 is 16.1 Å². The largest absolute Gasteiger partial charge is 0.338 e. The molecule has 0 unspecified atom stereocenters. The van der Waals surface area contributed by atoms with E-state index in [1.807, 2.05) is 6.92 Å². The van der Waals surface area contributed by atoms with Crippen LogP contribution in [0.25, 0.3) is 0 Å². The van der Waals surface area contributed by atoms with Gasteiger partial charge in [0.25, 0.3) is 0 Å². The molecule has 0 spiro atoms. The first-order valence-electron chi connectivity index (χ1n) is 8.53. The first kappa shape index (κ1) is 18.4. The van der Waals surface area contributed by atoms with Crippen molar-refractivity contribution in [2.24, 2.45) is 5.14 Å². The molecule has 1 saturated carbocycles. The summed E-state index contributed by atoms with van der Waals surface area (Å²) in [6.07, 6.45) is 2.49. The lowest BCUT2D eigenvalue weighted by molar-refractivity contribution is 0.236. The lowest BCUT2D eigenvalue weighted by Gasteiger charge is -2.18. The average molecular weight is 373 g/mol. The number of urea groups is 1. The molecule has 0 aliphatic heterocycles. The van der Waals surface area contributed by atoms with Gasteiger partial charge in [0, 0.05) is 6.54 Å². The molecule has 7 heteroatoms. The molecule has 4 N–H and O–H groups in total. The van der Waals surface area contributed by atoms with E-state index in [1.165, 1.54) is 17.7 Å². The molecule has 0 bridgehead atoms. The maximum Gasteiger partial charge on any atom is 0.315 e. The van der Waals surface area contributed by atoms with Crippen LogP contribution in [0.1, 0.15) is 29.5 Å². The summed E-state index contributed by atoms with van der Waals surface area (Å²) < 4.78 is 22.5. The molecule has 1 fully saturated rings. The van der Waals surface area contributed by atoms with E-state index in [1.54, 1.807) is 12.1 Å². The van der Waals surface area contributed by atoms with E-state index in [-0.39, 0.29) is 16.5 Å². The number of amides is 2. The quantitative estimate of drug-likeness (QED) is 0.723. The van der Waals surface area contributed by atoms with Crippen LogP contribution in [0, 0.1) is 6.92 Å². The van der Waals surface area contributed by atoms with Gasteiger partial charge in [0.1, 0.15) is 0 Å². The highest BCUT2D eigenvalue weighted by molar-refractivity contribution is 7.89. The number of hydrogen-bond acceptors (Lipinski definition) is 3. The maximum atomic E-state index is 12.2. The van der Waals surface area contributed by atoms with Gasteiger partial charge in [0.15, 0.2) is 0 Å². The van der Waals surface area contributed by atoms with E-state index in [0.717, 1.165) is 24.0 Å². The summed E-state index contributed by atoms with van der Waals surface area (Å²) >= 11 is 0. The summed E-state index contributed by atoms with van der Waals surface area (Å²) in [5.41, 5.74) is 3.02. The van der Waals surface area contributed by atoms with E-state index >= 15 is 0 Å². The Morgan fingerprint density at radius 3 is 2.23 bits per heavy atom. The van der Waals surface area contributed by atoms with E-state index in [4.69, 9.17) is 5.14 Å². The Morgan fingerprint density at radius 1 is 1.08 bits per heavy atom. The highest BCUT2D eigenvalue weighted by Gasteiger charge is 2.45. The van der Waals surface area contributed by atoms with Gasteiger partial charge in [-0.2, -0.15) is 0 Å². The Bertz CT molecular complexity index is 887. The number of carbonyl (C=O) groups excluding carboxylic acids is 1. The van der Waals surface area contributed by atoms with Crippen molar-refractivity contribution in [1.82, 2.24) is 10.6 Å². The molecule has 2 amide bonds. The molecule has 138 valence electrons. The Balaban J connectivity index is 1.49. The maximum absolute atomic E-state index is 12.2. The van der Waals surface area contributed by atoms with Crippen molar-refractivity contribution in [2.75, 3.05) is 6.54 Å². The van der Waals surface area contributed by atoms with Gasteiger partial charge >= 0.3 is 6.03 Å². The van der Waals surface area contributed by atoms with Gasteiger partial charge in [-0.3, -0.25) is 0 Å². The third kappa shape index (κ3) is 4.42. The molecule has 0 heterocycles. The van der Waals surface area contributed by atoms with Gasteiger partial charge in [-0.1, -0.05) is 42.0 Å². The van der Waals surface area contributed by atoms with Crippen molar-refractivity contribution in [2.45, 2.75) is 36.6 Å². The second-order valence-corrected chi connectivity index (χ2v) is 8.33. The topological polar surface area (TPSA) is 101 Å². The minimum Gasteiger partial charge on any atom is -0.338 e. The number of carbonyl (C=O) groups is 1. The lowest BCUT2D eigenvalue weighted by Crippen LogP contribution is -2.42. The molecule has 2 aromatic rings. The number of nitrogens with two attached hydrogens (primary N) is 1.